The molecule has 9 heteroatoms. The predicted molar refractivity (Wildman–Crippen MR) is 80.9 cm³/mol. The highest BCUT2D eigenvalue weighted by atomic mass is 16.5. The van der Waals surface area contributed by atoms with Crippen LogP contribution in [0.3, 0.4) is 0 Å². The van der Waals surface area contributed by atoms with Gasteiger partial charge in [0.1, 0.15) is 12.7 Å². The van der Waals surface area contributed by atoms with Gasteiger partial charge in [0.15, 0.2) is 0 Å². The van der Waals surface area contributed by atoms with Gasteiger partial charge in [-0.2, -0.15) is 0 Å². The molecule has 0 aliphatic carbocycles. The molecule has 0 aliphatic heterocycles. The van der Waals surface area contributed by atoms with Gasteiger partial charge in [-0.15, -0.1) is 10.2 Å². The maximum atomic E-state index is 11.8. The Labute approximate surface area is 132 Å². The number of nitrogens with zero attached hydrogens (tertiary/aromatic N) is 3. The van der Waals surface area contributed by atoms with Gasteiger partial charge in [-0.05, 0) is 18.2 Å². The van der Waals surface area contributed by atoms with E-state index in [4.69, 9.17) is 9.84 Å². The molecule has 9 nitrogen and oxygen atoms in total. The predicted octanol–water partition coefficient (Wildman–Crippen LogP) is -0.669. The first kappa shape index (κ1) is 16.6. The fourth-order valence-electron chi connectivity index (χ4n) is 1.75. The number of hydrogen-bond donors (Lipinski definition) is 3. The Morgan fingerprint density at radius 3 is 2.70 bits per heavy atom. The van der Waals surface area contributed by atoms with Crippen molar-refractivity contribution in [2.45, 2.75) is 0 Å². The molecule has 0 bridgehead atoms. The number of aliphatic hydroxyl groups is 1. The molecule has 0 aliphatic rings. The van der Waals surface area contributed by atoms with Crippen LogP contribution in [0, 0.1) is 0 Å². The largest absolute Gasteiger partial charge is 0.394 e. The van der Waals surface area contributed by atoms with Crippen LogP contribution in [0.4, 0.5) is 5.69 Å². The highest BCUT2D eigenvalue weighted by Crippen LogP contribution is 2.13. The highest BCUT2D eigenvalue weighted by Gasteiger charge is 2.13. The number of aromatic nitrogens is 3. The third-order valence-electron chi connectivity index (χ3n) is 2.79. The van der Waals surface area contributed by atoms with Gasteiger partial charge < -0.3 is 20.5 Å². The van der Waals surface area contributed by atoms with Gasteiger partial charge >= 0.3 is 11.8 Å². The zero-order chi connectivity index (χ0) is 16.5. The van der Waals surface area contributed by atoms with E-state index in [0.29, 0.717) is 5.69 Å². The van der Waals surface area contributed by atoms with Gasteiger partial charge in [0, 0.05) is 12.2 Å². The maximum absolute atomic E-state index is 11.8. The fourth-order valence-corrected chi connectivity index (χ4v) is 1.75. The van der Waals surface area contributed by atoms with Crippen molar-refractivity contribution in [1.82, 2.24) is 20.1 Å². The van der Waals surface area contributed by atoms with E-state index in [9.17, 15) is 9.59 Å². The molecule has 0 radical (unpaired) electrons. The Morgan fingerprint density at radius 2 is 1.96 bits per heavy atom. The molecule has 0 saturated carbocycles. The van der Waals surface area contributed by atoms with Gasteiger partial charge in [-0.25, -0.2) is 0 Å². The second kappa shape index (κ2) is 8.61. The number of ether oxygens (including phenoxy) is 1. The summed E-state index contributed by atoms with van der Waals surface area (Å²) >= 11 is 0. The number of aliphatic hydroxyl groups excluding tert-OH is 1. The van der Waals surface area contributed by atoms with Gasteiger partial charge in [-0.3, -0.25) is 14.2 Å². The molecule has 2 rings (SSSR count). The van der Waals surface area contributed by atoms with E-state index < -0.39 is 11.8 Å². The molecule has 2 aromatic rings. The molecule has 1 aromatic heterocycles. The number of benzene rings is 1. The van der Waals surface area contributed by atoms with Crippen LogP contribution in [0.25, 0.3) is 5.69 Å². The van der Waals surface area contributed by atoms with E-state index in [1.165, 1.54) is 12.7 Å². The lowest BCUT2D eigenvalue weighted by Gasteiger charge is -2.08. The van der Waals surface area contributed by atoms with E-state index in [2.05, 4.69) is 20.8 Å². The molecule has 2 amide bonds. The molecule has 0 atom stereocenters. The van der Waals surface area contributed by atoms with Gasteiger partial charge in [-0.1, -0.05) is 6.07 Å². The molecule has 1 aromatic carbocycles. The standard InChI is InChI=1S/C14H17N5O4/c20-5-7-23-6-4-15-13(21)14(22)18-11-2-1-3-12(8-11)19-9-16-17-10-19/h1-3,8-10,20H,4-7H2,(H,15,21)(H,18,22). The molecule has 0 spiro atoms. The Morgan fingerprint density at radius 1 is 1.17 bits per heavy atom. The monoisotopic (exact) mass is 319 g/mol. The Hall–Kier alpha value is -2.78. The van der Waals surface area contributed by atoms with Crippen LogP contribution in [-0.2, 0) is 14.3 Å². The van der Waals surface area contributed by atoms with Crippen LogP contribution >= 0.6 is 0 Å². The van der Waals surface area contributed by atoms with E-state index in [1.807, 2.05) is 6.07 Å². The molecule has 0 unspecified atom stereocenters. The van der Waals surface area contributed by atoms with Crippen molar-refractivity contribution in [2.24, 2.45) is 0 Å². The van der Waals surface area contributed by atoms with Crippen molar-refractivity contribution < 1.29 is 19.4 Å². The number of rotatable bonds is 7. The topological polar surface area (TPSA) is 118 Å². The lowest BCUT2D eigenvalue weighted by molar-refractivity contribution is -0.136. The van der Waals surface area contributed by atoms with Gasteiger partial charge in [0.25, 0.3) is 0 Å². The van der Waals surface area contributed by atoms with Crippen LogP contribution in [0.2, 0.25) is 0 Å². The molecular formula is C14H17N5O4. The summed E-state index contributed by atoms with van der Waals surface area (Å²) in [6.45, 7) is 0.519. The van der Waals surface area contributed by atoms with Crippen molar-refractivity contribution in [1.29, 1.82) is 0 Å². The molecule has 3 N–H and O–H groups in total. The van der Waals surface area contributed by atoms with Crippen molar-refractivity contribution in [3.63, 3.8) is 0 Å². The second-order valence-electron chi connectivity index (χ2n) is 4.47. The quantitative estimate of drug-likeness (QED) is 0.460. The summed E-state index contributed by atoms with van der Waals surface area (Å²) in [5, 5.41) is 20.9. The number of carbonyl (C=O) groups is 2. The smallest absolute Gasteiger partial charge is 0.313 e. The van der Waals surface area contributed by atoms with Crippen LogP contribution in [0.1, 0.15) is 0 Å². The minimum Gasteiger partial charge on any atom is -0.394 e. The molecular weight excluding hydrogens is 302 g/mol. The third kappa shape index (κ3) is 5.16. The van der Waals surface area contributed by atoms with Crippen molar-refractivity contribution >= 4 is 17.5 Å². The third-order valence-corrected chi connectivity index (χ3v) is 2.79. The first-order chi connectivity index (χ1) is 11.2. The van der Waals surface area contributed by atoms with Crippen molar-refractivity contribution in [2.75, 3.05) is 31.7 Å². The second-order valence-corrected chi connectivity index (χ2v) is 4.47. The van der Waals surface area contributed by atoms with E-state index in [1.54, 1.807) is 22.8 Å². The number of hydrogen-bond acceptors (Lipinski definition) is 6. The number of carbonyl (C=O) groups excluding carboxylic acids is 2. The minimum atomic E-state index is -0.770. The SMILES string of the molecule is O=C(NCCOCCO)C(=O)Nc1cccc(-n2cnnc2)c1. The first-order valence-corrected chi connectivity index (χ1v) is 6.93. The molecule has 122 valence electrons. The van der Waals surface area contributed by atoms with Gasteiger partial charge in [0.05, 0.1) is 25.5 Å². The van der Waals surface area contributed by atoms with E-state index in [0.717, 1.165) is 5.69 Å². The first-order valence-electron chi connectivity index (χ1n) is 6.93. The average Bonchev–Trinajstić information content (AvgIpc) is 3.09. The summed E-state index contributed by atoms with van der Waals surface area (Å²) in [6.07, 6.45) is 3.06. The van der Waals surface area contributed by atoms with Crippen LogP contribution < -0.4 is 10.6 Å². The highest BCUT2D eigenvalue weighted by molar-refractivity contribution is 6.39. The van der Waals surface area contributed by atoms with Crippen LogP contribution in [0.5, 0.6) is 0 Å². The fraction of sp³-hybridized carbons (Fsp3) is 0.286. The van der Waals surface area contributed by atoms with Crippen molar-refractivity contribution in [3.05, 3.63) is 36.9 Å². The van der Waals surface area contributed by atoms with Crippen LogP contribution in [0.15, 0.2) is 36.9 Å². The summed E-state index contributed by atoms with van der Waals surface area (Å²) in [5.41, 5.74) is 1.23. The summed E-state index contributed by atoms with van der Waals surface area (Å²) < 4.78 is 6.65. The van der Waals surface area contributed by atoms with Crippen LogP contribution in [-0.4, -0.2) is 58.1 Å². The van der Waals surface area contributed by atoms with Gasteiger partial charge in [0.2, 0.25) is 0 Å². The van der Waals surface area contributed by atoms with Crippen molar-refractivity contribution in [3.8, 4) is 5.69 Å². The molecule has 23 heavy (non-hydrogen) atoms. The number of anilines is 1. The Kier molecular flexibility index (Phi) is 6.21. The molecule has 0 fully saturated rings. The summed E-state index contributed by atoms with van der Waals surface area (Å²) in [4.78, 5) is 23.4. The molecule has 1 heterocycles. The number of nitrogens with one attached hydrogen (secondary N) is 2. The van der Waals surface area contributed by atoms with E-state index in [-0.39, 0.29) is 26.4 Å². The normalized spacial score (nSPS) is 10.3. The molecule has 0 saturated heterocycles. The lowest BCUT2D eigenvalue weighted by Crippen LogP contribution is -2.37. The minimum absolute atomic E-state index is 0.0861. The summed E-state index contributed by atoms with van der Waals surface area (Å²) in [5.74, 6) is -1.53. The lowest BCUT2D eigenvalue weighted by atomic mass is 10.2. The number of amides is 2. The maximum Gasteiger partial charge on any atom is 0.313 e. The van der Waals surface area contributed by atoms with E-state index >= 15 is 0 Å². The Bertz CT molecular complexity index is 644. The zero-order valence-electron chi connectivity index (χ0n) is 12.3. The summed E-state index contributed by atoms with van der Waals surface area (Å²) in [7, 11) is 0. The average molecular weight is 319 g/mol. The summed E-state index contributed by atoms with van der Waals surface area (Å²) in [6, 6.07) is 6.92. The zero-order valence-corrected chi connectivity index (χ0v) is 12.3. The Balaban J connectivity index is 1.85.